The summed E-state index contributed by atoms with van der Waals surface area (Å²) in [4.78, 5) is 20.3. The molecule has 0 heterocycles. The van der Waals surface area contributed by atoms with Crippen LogP contribution in [-0.4, -0.2) is 25.3 Å². The molecule has 2 N–H and O–H groups in total. The summed E-state index contributed by atoms with van der Waals surface area (Å²) in [6.45, 7) is 3.13. The zero-order valence-electron chi connectivity index (χ0n) is 5.91. The Hall–Kier alpha value is -1.52. The van der Waals surface area contributed by atoms with Gasteiger partial charge in [-0.2, -0.15) is 0 Å². The van der Waals surface area contributed by atoms with Crippen molar-refractivity contribution in [1.82, 2.24) is 0 Å². The smallest absolute Gasteiger partial charge is 0.404 e. The maximum absolute atomic E-state index is 10.3. The van der Waals surface area contributed by atoms with E-state index in [1.165, 1.54) is 0 Å². The summed E-state index contributed by atoms with van der Waals surface area (Å²) in [5, 5.41) is 0. The lowest BCUT2D eigenvalue weighted by Crippen LogP contribution is -2.17. The van der Waals surface area contributed by atoms with Crippen molar-refractivity contribution >= 4 is 12.1 Å². The van der Waals surface area contributed by atoms with E-state index >= 15 is 0 Å². The van der Waals surface area contributed by atoms with Crippen LogP contribution < -0.4 is 5.73 Å². The Morgan fingerprint density at radius 2 is 2.00 bits per heavy atom. The predicted octanol–water partition coefficient (Wildman–Crippen LogP) is 0.0569. The van der Waals surface area contributed by atoms with Crippen molar-refractivity contribution in [2.75, 3.05) is 13.2 Å². The van der Waals surface area contributed by atoms with Crippen LogP contribution in [0.1, 0.15) is 1.43 Å². The number of primary amides is 1. The summed E-state index contributed by atoms with van der Waals surface area (Å²) in [5.74, 6) is -0.557. The SMILES string of the molecule is C=CC(=O)OCCOC(N)=O.[HH]. The monoisotopic (exact) mass is 161 g/mol. The number of hydrogen-bond acceptors (Lipinski definition) is 4. The van der Waals surface area contributed by atoms with Crippen LogP contribution in [0.2, 0.25) is 0 Å². The quantitative estimate of drug-likeness (QED) is 0.359. The molecule has 0 aromatic carbocycles. The molecular weight excluding hydrogens is 150 g/mol. The molecule has 0 aromatic heterocycles. The van der Waals surface area contributed by atoms with Gasteiger partial charge in [0.05, 0.1) is 0 Å². The van der Waals surface area contributed by atoms with Crippen molar-refractivity contribution in [3.8, 4) is 0 Å². The topological polar surface area (TPSA) is 78.6 Å². The second-order valence-electron chi connectivity index (χ2n) is 1.54. The molecule has 0 saturated heterocycles. The maximum atomic E-state index is 10.3. The Labute approximate surface area is 65.2 Å². The van der Waals surface area contributed by atoms with Gasteiger partial charge in [0.2, 0.25) is 0 Å². The second-order valence-corrected chi connectivity index (χ2v) is 1.54. The van der Waals surface area contributed by atoms with Gasteiger partial charge in [0, 0.05) is 7.50 Å². The van der Waals surface area contributed by atoms with Crippen LogP contribution in [0.3, 0.4) is 0 Å². The molecule has 5 nitrogen and oxygen atoms in total. The predicted molar refractivity (Wildman–Crippen MR) is 38.8 cm³/mol. The fourth-order valence-corrected chi connectivity index (χ4v) is 0.343. The van der Waals surface area contributed by atoms with Crippen LogP contribution in [0.15, 0.2) is 12.7 Å². The van der Waals surface area contributed by atoms with Gasteiger partial charge in [0.15, 0.2) is 0 Å². The van der Waals surface area contributed by atoms with Crippen LogP contribution in [0.25, 0.3) is 0 Å². The van der Waals surface area contributed by atoms with Crippen LogP contribution in [0.5, 0.6) is 0 Å². The van der Waals surface area contributed by atoms with Crippen molar-refractivity contribution in [2.45, 2.75) is 0 Å². The highest BCUT2D eigenvalue weighted by atomic mass is 16.6. The lowest BCUT2D eigenvalue weighted by molar-refractivity contribution is -0.138. The van der Waals surface area contributed by atoms with Gasteiger partial charge >= 0.3 is 12.1 Å². The average molecular weight is 161 g/mol. The normalized spacial score (nSPS) is 8.36. The largest absolute Gasteiger partial charge is 0.459 e. The van der Waals surface area contributed by atoms with Crippen molar-refractivity contribution in [3.05, 3.63) is 12.7 Å². The van der Waals surface area contributed by atoms with Crippen molar-refractivity contribution in [3.63, 3.8) is 0 Å². The Morgan fingerprint density at radius 3 is 2.45 bits per heavy atom. The highest BCUT2D eigenvalue weighted by Crippen LogP contribution is 1.80. The minimum atomic E-state index is -0.889. The third kappa shape index (κ3) is 6.36. The third-order valence-corrected chi connectivity index (χ3v) is 0.739. The molecule has 0 aliphatic heterocycles. The molecule has 0 rings (SSSR count). The molecule has 5 heteroatoms. The fourth-order valence-electron chi connectivity index (χ4n) is 0.343. The van der Waals surface area contributed by atoms with Crippen molar-refractivity contribution in [1.29, 1.82) is 0 Å². The summed E-state index contributed by atoms with van der Waals surface area (Å²) < 4.78 is 8.72. The average Bonchev–Trinajstić information content (AvgIpc) is 1.97. The van der Waals surface area contributed by atoms with Crippen molar-refractivity contribution in [2.24, 2.45) is 5.73 Å². The van der Waals surface area contributed by atoms with Gasteiger partial charge in [-0.15, -0.1) is 0 Å². The summed E-state index contributed by atoms with van der Waals surface area (Å²) >= 11 is 0. The standard InChI is InChI=1S/C6H9NO4.H2/c1-2-5(8)10-3-4-11-6(7)9;/h2H,1,3-4H2,(H2,7,9);1H. The summed E-state index contributed by atoms with van der Waals surface area (Å²) in [5.41, 5.74) is 4.62. The first-order valence-corrected chi connectivity index (χ1v) is 2.88. The van der Waals surface area contributed by atoms with Gasteiger partial charge in [-0.3, -0.25) is 0 Å². The number of nitrogens with two attached hydrogens (primary N) is 1. The molecular formula is C6H11NO4. The molecule has 0 spiro atoms. The Bertz CT molecular complexity index is 171. The molecule has 0 bridgehead atoms. The molecule has 0 aliphatic carbocycles. The maximum Gasteiger partial charge on any atom is 0.404 e. The molecule has 0 unspecified atom stereocenters. The van der Waals surface area contributed by atoms with E-state index in [2.05, 4.69) is 21.8 Å². The van der Waals surface area contributed by atoms with Crippen LogP contribution in [0.4, 0.5) is 4.79 Å². The summed E-state index contributed by atoms with van der Waals surface area (Å²) in [7, 11) is 0. The van der Waals surface area contributed by atoms with Gasteiger partial charge in [0.25, 0.3) is 0 Å². The highest BCUT2D eigenvalue weighted by Gasteiger charge is 1.96. The van der Waals surface area contributed by atoms with Gasteiger partial charge < -0.3 is 15.2 Å². The van der Waals surface area contributed by atoms with Gasteiger partial charge in [-0.25, -0.2) is 9.59 Å². The molecule has 0 fully saturated rings. The molecule has 0 saturated carbocycles. The number of hydrogen-bond donors (Lipinski definition) is 1. The first-order chi connectivity index (χ1) is 5.16. The summed E-state index contributed by atoms with van der Waals surface area (Å²) in [6.07, 6.45) is 0.129. The van der Waals surface area contributed by atoms with E-state index in [1.54, 1.807) is 0 Å². The molecule has 0 atom stereocenters. The second kappa shape index (κ2) is 5.28. The van der Waals surface area contributed by atoms with E-state index in [0.29, 0.717) is 0 Å². The molecule has 1 amide bonds. The van der Waals surface area contributed by atoms with Gasteiger partial charge in [-0.1, -0.05) is 6.58 Å². The van der Waals surface area contributed by atoms with Gasteiger partial charge in [0.1, 0.15) is 13.2 Å². The summed E-state index contributed by atoms with van der Waals surface area (Å²) in [6, 6.07) is 0. The fraction of sp³-hybridized carbons (Fsp3) is 0.333. The number of ether oxygens (including phenoxy) is 2. The molecule has 0 radical (unpaired) electrons. The number of esters is 1. The van der Waals surface area contributed by atoms with E-state index < -0.39 is 12.1 Å². The molecule has 64 valence electrons. The van der Waals surface area contributed by atoms with E-state index in [1.807, 2.05) is 0 Å². The zero-order valence-corrected chi connectivity index (χ0v) is 5.91. The van der Waals surface area contributed by atoms with Crippen molar-refractivity contribution < 1.29 is 20.5 Å². The van der Waals surface area contributed by atoms with E-state index in [0.717, 1.165) is 6.08 Å². The molecule has 0 aromatic rings. The number of amides is 1. The lowest BCUT2D eigenvalue weighted by atomic mass is 10.6. The van der Waals surface area contributed by atoms with E-state index in [-0.39, 0.29) is 14.6 Å². The minimum Gasteiger partial charge on any atom is -0.459 e. The van der Waals surface area contributed by atoms with Gasteiger partial charge in [-0.05, 0) is 0 Å². The zero-order chi connectivity index (χ0) is 8.69. The van der Waals surface area contributed by atoms with E-state index in [4.69, 9.17) is 0 Å². The first kappa shape index (κ1) is 9.48. The number of carbonyl (C=O) groups excluding carboxylic acids is 2. The molecule has 0 aliphatic rings. The van der Waals surface area contributed by atoms with E-state index in [9.17, 15) is 9.59 Å². The Balaban J connectivity index is 0. The Kier molecular flexibility index (Phi) is 4.55. The molecule has 11 heavy (non-hydrogen) atoms. The van der Waals surface area contributed by atoms with Crippen LogP contribution in [-0.2, 0) is 14.3 Å². The first-order valence-electron chi connectivity index (χ1n) is 2.88. The number of carbonyl (C=O) groups is 2. The minimum absolute atomic E-state index is 0. The number of rotatable bonds is 4. The lowest BCUT2D eigenvalue weighted by Gasteiger charge is -2.00. The van der Waals surface area contributed by atoms with Crippen LogP contribution >= 0.6 is 0 Å². The Morgan fingerprint density at radius 1 is 1.45 bits per heavy atom. The van der Waals surface area contributed by atoms with Crippen LogP contribution in [0, 0.1) is 0 Å². The third-order valence-electron chi connectivity index (χ3n) is 0.739. The highest BCUT2D eigenvalue weighted by molar-refractivity contribution is 5.81.